The Morgan fingerprint density at radius 1 is 1.12 bits per heavy atom. The second kappa shape index (κ2) is 6.92. The second-order valence-electron chi connectivity index (χ2n) is 7.12. The van der Waals surface area contributed by atoms with Crippen LogP contribution in [0.3, 0.4) is 0 Å². The zero-order valence-corrected chi connectivity index (χ0v) is 14.7. The van der Waals surface area contributed by atoms with Crippen molar-refractivity contribution in [3.8, 4) is 0 Å². The fraction of sp³-hybridized carbons (Fsp3) is 0.333. The van der Waals surface area contributed by atoms with Crippen LogP contribution in [0.5, 0.6) is 0 Å². The van der Waals surface area contributed by atoms with E-state index >= 15 is 0 Å². The van der Waals surface area contributed by atoms with Gasteiger partial charge in [-0.3, -0.25) is 4.79 Å². The van der Waals surface area contributed by atoms with Crippen molar-refractivity contribution in [1.29, 1.82) is 0 Å². The van der Waals surface area contributed by atoms with E-state index in [0.717, 1.165) is 43.2 Å². The molecule has 2 aromatic carbocycles. The Morgan fingerprint density at radius 3 is 2.65 bits per heavy atom. The molecule has 1 aliphatic rings. The van der Waals surface area contributed by atoms with Gasteiger partial charge in [-0.25, -0.2) is 4.98 Å². The van der Waals surface area contributed by atoms with Crippen molar-refractivity contribution >= 4 is 22.7 Å². The number of anilines is 1. The lowest BCUT2D eigenvalue weighted by atomic mass is 9.82. The second-order valence-corrected chi connectivity index (χ2v) is 7.12. The third-order valence-corrected chi connectivity index (χ3v) is 5.09. The maximum atomic E-state index is 12.6. The fourth-order valence-electron chi connectivity index (χ4n) is 3.56. The Labute approximate surface area is 152 Å². The number of nitrogens with two attached hydrogens (primary N) is 1. The van der Waals surface area contributed by atoms with E-state index in [0.29, 0.717) is 23.6 Å². The molecule has 0 aliphatic heterocycles. The lowest BCUT2D eigenvalue weighted by Crippen LogP contribution is -2.52. The Hall–Kier alpha value is -2.66. The van der Waals surface area contributed by atoms with E-state index in [4.69, 9.17) is 10.2 Å². The lowest BCUT2D eigenvalue weighted by Gasteiger charge is -2.31. The van der Waals surface area contributed by atoms with Crippen LogP contribution in [0.4, 0.5) is 5.69 Å². The van der Waals surface area contributed by atoms with Crippen molar-refractivity contribution < 1.29 is 9.21 Å². The smallest absolute Gasteiger partial charge is 0.244 e. The number of oxazole rings is 1. The first-order valence-electron chi connectivity index (χ1n) is 9.16. The largest absolute Gasteiger partial charge is 0.440 e. The lowest BCUT2D eigenvalue weighted by molar-refractivity contribution is -0.122. The molecular weight excluding hydrogens is 326 g/mol. The predicted molar refractivity (Wildman–Crippen MR) is 102 cm³/mol. The molecule has 1 aliphatic carbocycles. The number of hydrogen-bond acceptors (Lipinski definition) is 4. The number of aromatic nitrogens is 1. The van der Waals surface area contributed by atoms with Crippen molar-refractivity contribution in [2.45, 2.75) is 44.1 Å². The van der Waals surface area contributed by atoms with Crippen molar-refractivity contribution in [3.05, 3.63) is 60.0 Å². The van der Waals surface area contributed by atoms with Gasteiger partial charge in [-0.15, -0.1) is 0 Å². The Kier molecular flexibility index (Phi) is 4.47. The third-order valence-electron chi connectivity index (χ3n) is 5.09. The number of nitrogens with one attached hydrogen (secondary N) is 1. The molecule has 0 radical (unpaired) electrons. The molecule has 0 bridgehead atoms. The van der Waals surface area contributed by atoms with Gasteiger partial charge < -0.3 is 15.5 Å². The van der Waals surface area contributed by atoms with E-state index in [9.17, 15) is 4.79 Å². The monoisotopic (exact) mass is 349 g/mol. The van der Waals surface area contributed by atoms with Crippen LogP contribution < -0.4 is 11.1 Å². The minimum Gasteiger partial charge on any atom is -0.440 e. The van der Waals surface area contributed by atoms with Gasteiger partial charge in [-0.2, -0.15) is 0 Å². The van der Waals surface area contributed by atoms with Gasteiger partial charge in [0.05, 0.1) is 5.54 Å². The average molecular weight is 349 g/mol. The first kappa shape index (κ1) is 16.8. The van der Waals surface area contributed by atoms with Crippen LogP contribution in [0, 0.1) is 0 Å². The van der Waals surface area contributed by atoms with Crippen LogP contribution in [0.2, 0.25) is 0 Å². The fourth-order valence-corrected chi connectivity index (χ4v) is 3.56. The minimum absolute atomic E-state index is 0.111. The van der Waals surface area contributed by atoms with Crippen molar-refractivity contribution in [3.63, 3.8) is 0 Å². The van der Waals surface area contributed by atoms with E-state index in [1.807, 2.05) is 48.5 Å². The molecule has 0 spiro atoms. The topological polar surface area (TPSA) is 81.2 Å². The molecule has 1 saturated carbocycles. The molecule has 5 heteroatoms. The zero-order chi connectivity index (χ0) is 18.0. The van der Waals surface area contributed by atoms with Gasteiger partial charge >= 0.3 is 0 Å². The number of benzene rings is 2. The molecule has 5 nitrogen and oxygen atoms in total. The van der Waals surface area contributed by atoms with Gasteiger partial charge in [0.1, 0.15) is 5.52 Å². The Bertz CT molecular complexity index is 911. The highest BCUT2D eigenvalue weighted by atomic mass is 16.3. The quantitative estimate of drug-likeness (QED) is 0.745. The van der Waals surface area contributed by atoms with Gasteiger partial charge in [-0.1, -0.05) is 49.6 Å². The van der Waals surface area contributed by atoms with E-state index in [1.54, 1.807) is 0 Å². The first-order valence-corrected chi connectivity index (χ1v) is 9.16. The number of rotatable bonds is 4. The standard InChI is InChI=1S/C21H23N3O2/c22-21(11-5-2-6-12-21)20(25)23-16-9-10-17-18(14-16)26-19(24-17)13-15-7-3-1-4-8-15/h1,3-4,7-10,14H,2,5-6,11-13,22H2,(H,23,25). The summed E-state index contributed by atoms with van der Waals surface area (Å²) in [6, 6.07) is 15.6. The maximum Gasteiger partial charge on any atom is 0.244 e. The number of amides is 1. The number of fused-ring (bicyclic) bond motifs is 1. The summed E-state index contributed by atoms with van der Waals surface area (Å²) in [5, 5.41) is 2.95. The van der Waals surface area contributed by atoms with Crippen LogP contribution in [0.15, 0.2) is 52.9 Å². The molecule has 134 valence electrons. The van der Waals surface area contributed by atoms with Crippen molar-refractivity contribution in [2.24, 2.45) is 5.73 Å². The van der Waals surface area contributed by atoms with E-state index in [1.165, 1.54) is 0 Å². The normalized spacial score (nSPS) is 16.5. The molecular formula is C21H23N3O2. The number of hydrogen-bond donors (Lipinski definition) is 2. The molecule has 26 heavy (non-hydrogen) atoms. The van der Waals surface area contributed by atoms with Crippen LogP contribution >= 0.6 is 0 Å². The average Bonchev–Trinajstić information content (AvgIpc) is 3.04. The maximum absolute atomic E-state index is 12.6. The van der Waals surface area contributed by atoms with Gasteiger partial charge in [0, 0.05) is 18.2 Å². The molecule has 0 saturated heterocycles. The van der Waals surface area contributed by atoms with Crippen molar-refractivity contribution in [1.82, 2.24) is 4.98 Å². The number of carbonyl (C=O) groups excluding carboxylic acids is 1. The molecule has 1 aromatic heterocycles. The van der Waals surface area contributed by atoms with E-state index in [2.05, 4.69) is 10.3 Å². The summed E-state index contributed by atoms with van der Waals surface area (Å²) in [6.07, 6.45) is 5.29. The molecule has 0 atom stereocenters. The SMILES string of the molecule is NC1(C(=O)Nc2ccc3nc(Cc4ccccc4)oc3c2)CCCCC1. The van der Waals surface area contributed by atoms with Gasteiger partial charge in [-0.05, 0) is 30.5 Å². The highest BCUT2D eigenvalue weighted by molar-refractivity contribution is 5.99. The van der Waals surface area contributed by atoms with Gasteiger partial charge in [0.15, 0.2) is 11.5 Å². The first-order chi connectivity index (χ1) is 12.6. The summed E-state index contributed by atoms with van der Waals surface area (Å²) in [5.74, 6) is 0.554. The Balaban J connectivity index is 1.51. The highest BCUT2D eigenvalue weighted by Gasteiger charge is 2.35. The third kappa shape index (κ3) is 3.48. The Morgan fingerprint density at radius 2 is 1.88 bits per heavy atom. The molecule has 1 heterocycles. The van der Waals surface area contributed by atoms with Crippen molar-refractivity contribution in [2.75, 3.05) is 5.32 Å². The summed E-state index contributed by atoms with van der Waals surface area (Å²) in [7, 11) is 0. The summed E-state index contributed by atoms with van der Waals surface area (Å²) in [6.45, 7) is 0. The number of nitrogens with zero attached hydrogens (tertiary/aromatic N) is 1. The van der Waals surface area contributed by atoms with Gasteiger partial charge in [0.2, 0.25) is 5.91 Å². The van der Waals surface area contributed by atoms with E-state index < -0.39 is 5.54 Å². The number of carbonyl (C=O) groups is 1. The van der Waals surface area contributed by atoms with Gasteiger partial charge in [0.25, 0.3) is 0 Å². The molecule has 4 rings (SSSR count). The minimum atomic E-state index is -0.757. The molecule has 1 amide bonds. The highest BCUT2D eigenvalue weighted by Crippen LogP contribution is 2.28. The molecule has 3 aromatic rings. The molecule has 1 fully saturated rings. The summed E-state index contributed by atoms with van der Waals surface area (Å²) in [4.78, 5) is 17.1. The molecule has 0 unspecified atom stereocenters. The summed E-state index contributed by atoms with van der Waals surface area (Å²) in [5.41, 5.74) is 8.85. The van der Waals surface area contributed by atoms with Crippen LogP contribution in [-0.4, -0.2) is 16.4 Å². The predicted octanol–water partition coefficient (Wildman–Crippen LogP) is 4.02. The molecule has 3 N–H and O–H groups in total. The summed E-state index contributed by atoms with van der Waals surface area (Å²) < 4.78 is 5.87. The zero-order valence-electron chi connectivity index (χ0n) is 14.7. The summed E-state index contributed by atoms with van der Waals surface area (Å²) >= 11 is 0. The van der Waals surface area contributed by atoms with Crippen LogP contribution in [-0.2, 0) is 11.2 Å². The van der Waals surface area contributed by atoms with Crippen LogP contribution in [0.25, 0.3) is 11.1 Å². The van der Waals surface area contributed by atoms with Crippen LogP contribution in [0.1, 0.15) is 43.6 Å². The van der Waals surface area contributed by atoms with E-state index in [-0.39, 0.29) is 5.91 Å².